The van der Waals surface area contributed by atoms with E-state index in [1.54, 1.807) is 4.90 Å². The topological polar surface area (TPSA) is 69.6 Å². The third kappa shape index (κ3) is 5.49. The van der Waals surface area contributed by atoms with E-state index in [4.69, 9.17) is 5.11 Å². The molecule has 19 heavy (non-hydrogen) atoms. The summed E-state index contributed by atoms with van der Waals surface area (Å²) in [5.74, 6) is 0.376. The molecule has 0 spiro atoms. The van der Waals surface area contributed by atoms with Crippen molar-refractivity contribution >= 4 is 12.0 Å². The van der Waals surface area contributed by atoms with Crippen LogP contribution in [0.5, 0.6) is 0 Å². The Balaban J connectivity index is 2.47. The number of carbonyl (C=O) groups excluding carboxylic acids is 1. The van der Waals surface area contributed by atoms with Crippen molar-refractivity contribution in [1.29, 1.82) is 0 Å². The maximum absolute atomic E-state index is 12.2. The molecule has 5 nitrogen and oxygen atoms in total. The number of carbonyl (C=O) groups is 2. The Morgan fingerprint density at radius 3 is 2.37 bits per heavy atom. The van der Waals surface area contributed by atoms with Gasteiger partial charge >= 0.3 is 12.0 Å². The Labute approximate surface area is 115 Å². The van der Waals surface area contributed by atoms with Crippen molar-refractivity contribution in [3.05, 3.63) is 0 Å². The van der Waals surface area contributed by atoms with Gasteiger partial charge in [-0.1, -0.05) is 6.92 Å². The Bertz CT molecular complexity index is 332. The van der Waals surface area contributed by atoms with Gasteiger partial charge in [0.25, 0.3) is 0 Å². The minimum Gasteiger partial charge on any atom is -0.481 e. The van der Waals surface area contributed by atoms with Gasteiger partial charge in [0.1, 0.15) is 0 Å². The van der Waals surface area contributed by atoms with Crippen molar-refractivity contribution in [1.82, 2.24) is 10.2 Å². The minimum atomic E-state index is -0.881. The average molecular weight is 270 g/mol. The number of amides is 2. The minimum absolute atomic E-state index is 0.0249. The zero-order valence-corrected chi connectivity index (χ0v) is 12.4. The van der Waals surface area contributed by atoms with Gasteiger partial charge in [0.2, 0.25) is 0 Å². The third-order valence-electron chi connectivity index (χ3n) is 3.61. The molecule has 1 saturated carbocycles. The number of nitrogens with one attached hydrogen (secondary N) is 1. The molecular formula is C14H26N2O3. The Hall–Kier alpha value is -1.26. The highest BCUT2D eigenvalue weighted by molar-refractivity contribution is 5.76. The number of carboxylic acid groups (broad SMARTS) is 1. The first-order valence-electron chi connectivity index (χ1n) is 6.99. The van der Waals surface area contributed by atoms with Crippen LogP contribution in [0.15, 0.2) is 0 Å². The second-order valence-corrected chi connectivity index (χ2v) is 6.47. The van der Waals surface area contributed by atoms with Gasteiger partial charge in [-0.3, -0.25) is 4.79 Å². The van der Waals surface area contributed by atoms with E-state index in [1.165, 1.54) is 12.8 Å². The lowest BCUT2D eigenvalue weighted by Gasteiger charge is -2.35. The largest absolute Gasteiger partial charge is 0.481 e. The first-order valence-corrected chi connectivity index (χ1v) is 6.99. The van der Waals surface area contributed by atoms with Crippen LogP contribution in [0.3, 0.4) is 0 Å². The van der Waals surface area contributed by atoms with Crippen LogP contribution in [0.4, 0.5) is 4.79 Å². The average Bonchev–Trinajstić information content (AvgIpc) is 3.07. The van der Waals surface area contributed by atoms with E-state index in [9.17, 15) is 9.59 Å². The Kier molecular flexibility index (Phi) is 5.20. The number of hydrogen-bond donors (Lipinski definition) is 2. The molecule has 0 aromatic rings. The van der Waals surface area contributed by atoms with Crippen LogP contribution in [0, 0.1) is 11.8 Å². The van der Waals surface area contributed by atoms with E-state index >= 15 is 0 Å². The summed E-state index contributed by atoms with van der Waals surface area (Å²) in [6.45, 7) is 8.80. The summed E-state index contributed by atoms with van der Waals surface area (Å²) in [7, 11) is 0. The smallest absolute Gasteiger partial charge is 0.317 e. The fraction of sp³-hybridized carbons (Fsp3) is 0.857. The van der Waals surface area contributed by atoms with E-state index < -0.39 is 5.97 Å². The number of hydrogen-bond acceptors (Lipinski definition) is 2. The molecule has 1 aliphatic carbocycles. The summed E-state index contributed by atoms with van der Waals surface area (Å²) in [6.07, 6.45) is 2.50. The maximum Gasteiger partial charge on any atom is 0.317 e. The van der Waals surface area contributed by atoms with Crippen molar-refractivity contribution in [3.8, 4) is 0 Å². The number of nitrogens with zero attached hydrogens (tertiary/aromatic N) is 1. The summed E-state index contributed by atoms with van der Waals surface area (Å²) >= 11 is 0. The fourth-order valence-electron chi connectivity index (χ4n) is 2.12. The van der Waals surface area contributed by atoms with Gasteiger partial charge in [-0.05, 0) is 45.4 Å². The van der Waals surface area contributed by atoms with Crippen molar-refractivity contribution < 1.29 is 14.7 Å². The fourth-order valence-corrected chi connectivity index (χ4v) is 2.12. The molecule has 0 aliphatic heterocycles. The molecule has 1 atom stereocenters. The van der Waals surface area contributed by atoms with Crippen molar-refractivity contribution in [3.63, 3.8) is 0 Å². The normalized spacial score (nSPS) is 16.8. The molecule has 1 rings (SSSR count). The number of urea groups is 1. The summed E-state index contributed by atoms with van der Waals surface area (Å²) in [5, 5.41) is 11.7. The first-order chi connectivity index (χ1) is 8.71. The molecule has 1 fully saturated rings. The lowest BCUT2D eigenvalue weighted by Crippen LogP contribution is -2.51. The molecule has 0 radical (unpaired) electrons. The number of carboxylic acids is 1. The SMILES string of the molecule is CC(CNC(=O)N(CCC(=O)O)C(C)(C)C)C1CC1. The summed E-state index contributed by atoms with van der Waals surface area (Å²) < 4.78 is 0. The second kappa shape index (κ2) is 6.26. The lowest BCUT2D eigenvalue weighted by atomic mass is 10.1. The third-order valence-corrected chi connectivity index (χ3v) is 3.61. The maximum atomic E-state index is 12.2. The molecular weight excluding hydrogens is 244 g/mol. The van der Waals surface area contributed by atoms with Crippen molar-refractivity contribution in [2.75, 3.05) is 13.1 Å². The molecule has 0 saturated heterocycles. The van der Waals surface area contributed by atoms with E-state index in [1.807, 2.05) is 20.8 Å². The summed E-state index contributed by atoms with van der Waals surface area (Å²) in [4.78, 5) is 24.4. The summed E-state index contributed by atoms with van der Waals surface area (Å²) in [5.41, 5.74) is -0.373. The van der Waals surface area contributed by atoms with E-state index in [0.29, 0.717) is 12.5 Å². The quantitative estimate of drug-likeness (QED) is 0.778. The predicted octanol–water partition coefficient (Wildman–Crippen LogP) is 2.32. The Morgan fingerprint density at radius 1 is 1.37 bits per heavy atom. The van der Waals surface area contributed by atoms with Crippen LogP contribution >= 0.6 is 0 Å². The van der Waals surface area contributed by atoms with E-state index in [2.05, 4.69) is 12.2 Å². The lowest BCUT2D eigenvalue weighted by molar-refractivity contribution is -0.137. The van der Waals surface area contributed by atoms with Gasteiger partial charge in [-0.2, -0.15) is 0 Å². The molecule has 0 heterocycles. The van der Waals surface area contributed by atoms with Crippen LogP contribution in [-0.4, -0.2) is 40.6 Å². The molecule has 1 unspecified atom stereocenters. The van der Waals surface area contributed by atoms with Crippen LogP contribution in [0.1, 0.15) is 47.0 Å². The highest BCUT2D eigenvalue weighted by Gasteiger charge is 2.30. The van der Waals surface area contributed by atoms with Gasteiger partial charge in [-0.15, -0.1) is 0 Å². The van der Waals surface area contributed by atoms with Gasteiger partial charge in [-0.25, -0.2) is 4.79 Å². The number of rotatable bonds is 6. The molecule has 0 bridgehead atoms. The van der Waals surface area contributed by atoms with Gasteiger partial charge < -0.3 is 15.3 Å². The van der Waals surface area contributed by atoms with Gasteiger partial charge in [0.15, 0.2) is 0 Å². The van der Waals surface area contributed by atoms with Crippen molar-refractivity contribution in [2.24, 2.45) is 11.8 Å². The first kappa shape index (κ1) is 15.8. The monoisotopic (exact) mass is 270 g/mol. The van der Waals surface area contributed by atoms with Gasteiger partial charge in [0.05, 0.1) is 6.42 Å². The zero-order valence-electron chi connectivity index (χ0n) is 12.4. The zero-order chi connectivity index (χ0) is 14.6. The van der Waals surface area contributed by atoms with E-state index in [-0.39, 0.29) is 24.5 Å². The molecule has 2 N–H and O–H groups in total. The van der Waals surface area contributed by atoms with Crippen LogP contribution < -0.4 is 5.32 Å². The predicted molar refractivity (Wildman–Crippen MR) is 74.0 cm³/mol. The molecule has 0 aromatic heterocycles. The van der Waals surface area contributed by atoms with Crippen LogP contribution in [-0.2, 0) is 4.79 Å². The standard InChI is InChI=1S/C14H26N2O3/c1-10(11-5-6-11)9-15-13(19)16(14(2,3)4)8-7-12(17)18/h10-11H,5-9H2,1-4H3,(H,15,19)(H,17,18). The number of aliphatic carboxylic acids is 1. The van der Waals surface area contributed by atoms with Gasteiger partial charge in [0, 0.05) is 18.6 Å². The molecule has 5 heteroatoms. The molecule has 1 aliphatic rings. The highest BCUT2D eigenvalue weighted by atomic mass is 16.4. The second-order valence-electron chi connectivity index (χ2n) is 6.47. The Morgan fingerprint density at radius 2 is 1.95 bits per heavy atom. The van der Waals surface area contributed by atoms with Crippen molar-refractivity contribution in [2.45, 2.75) is 52.5 Å². The molecule has 0 aromatic carbocycles. The van der Waals surface area contributed by atoms with Crippen LogP contribution in [0.2, 0.25) is 0 Å². The summed E-state index contributed by atoms with van der Waals surface area (Å²) in [6, 6.07) is -0.166. The van der Waals surface area contributed by atoms with Crippen LogP contribution in [0.25, 0.3) is 0 Å². The molecule has 110 valence electrons. The molecule has 2 amide bonds. The van der Waals surface area contributed by atoms with E-state index in [0.717, 1.165) is 5.92 Å². The highest BCUT2D eigenvalue weighted by Crippen LogP contribution is 2.36.